The molecule has 1 aromatic heterocycles. The normalized spacial score (nSPS) is 13.7. The first-order valence-electron chi connectivity index (χ1n) is 7.03. The molecule has 0 aliphatic rings. The zero-order valence-electron chi connectivity index (χ0n) is 12.7. The molecule has 0 aliphatic carbocycles. The standard InChI is InChI=1S/C16H22N4O/c1-12(16(21)19(2)3)20-11-18-10-15(20)14(17)9-13-7-5-4-6-8-13/h4-8,10-12,14H,9,17H2,1-3H3/t12?,14-/m1/s1. The van der Waals surface area contributed by atoms with Crippen molar-refractivity contribution in [3.63, 3.8) is 0 Å². The van der Waals surface area contributed by atoms with Crippen molar-refractivity contribution in [3.8, 4) is 0 Å². The second-order valence-corrected chi connectivity index (χ2v) is 5.43. The quantitative estimate of drug-likeness (QED) is 0.911. The number of rotatable bonds is 5. The first-order valence-corrected chi connectivity index (χ1v) is 7.03. The Morgan fingerprint density at radius 2 is 2.00 bits per heavy atom. The van der Waals surface area contributed by atoms with Crippen LogP contribution in [0.3, 0.4) is 0 Å². The summed E-state index contributed by atoms with van der Waals surface area (Å²) in [6, 6.07) is 9.59. The number of hydrogen-bond acceptors (Lipinski definition) is 3. The summed E-state index contributed by atoms with van der Waals surface area (Å²) in [6.45, 7) is 1.86. The van der Waals surface area contributed by atoms with Crippen molar-refractivity contribution < 1.29 is 4.79 Å². The van der Waals surface area contributed by atoms with E-state index in [1.807, 2.05) is 29.7 Å². The van der Waals surface area contributed by atoms with Gasteiger partial charge in [0.2, 0.25) is 5.91 Å². The molecular weight excluding hydrogens is 264 g/mol. The highest BCUT2D eigenvalue weighted by molar-refractivity contribution is 5.79. The van der Waals surface area contributed by atoms with Crippen LogP contribution in [0.5, 0.6) is 0 Å². The van der Waals surface area contributed by atoms with Gasteiger partial charge in [0.1, 0.15) is 6.04 Å². The zero-order chi connectivity index (χ0) is 15.4. The average molecular weight is 286 g/mol. The van der Waals surface area contributed by atoms with E-state index >= 15 is 0 Å². The van der Waals surface area contributed by atoms with E-state index in [0.29, 0.717) is 0 Å². The number of likely N-dealkylation sites (N-methyl/N-ethyl adjacent to an activating group) is 1. The van der Waals surface area contributed by atoms with Crippen LogP contribution in [0.2, 0.25) is 0 Å². The van der Waals surface area contributed by atoms with Crippen LogP contribution < -0.4 is 5.73 Å². The number of nitrogens with zero attached hydrogens (tertiary/aromatic N) is 3. The third-order valence-electron chi connectivity index (χ3n) is 3.59. The van der Waals surface area contributed by atoms with Crippen molar-refractivity contribution in [1.29, 1.82) is 0 Å². The van der Waals surface area contributed by atoms with Crippen molar-refractivity contribution in [1.82, 2.24) is 14.5 Å². The van der Waals surface area contributed by atoms with E-state index in [9.17, 15) is 4.79 Å². The van der Waals surface area contributed by atoms with Crippen LogP contribution in [-0.4, -0.2) is 34.5 Å². The fourth-order valence-corrected chi connectivity index (χ4v) is 2.39. The molecule has 0 radical (unpaired) electrons. The Hall–Kier alpha value is -2.14. The van der Waals surface area contributed by atoms with E-state index in [1.165, 1.54) is 5.56 Å². The first kappa shape index (κ1) is 15.3. The summed E-state index contributed by atoms with van der Waals surface area (Å²) in [5.74, 6) is 0.0289. The highest BCUT2D eigenvalue weighted by atomic mass is 16.2. The minimum absolute atomic E-state index is 0.0289. The summed E-state index contributed by atoms with van der Waals surface area (Å²) in [7, 11) is 3.50. The molecule has 2 aromatic rings. The molecule has 1 unspecified atom stereocenters. The van der Waals surface area contributed by atoms with E-state index in [-0.39, 0.29) is 18.0 Å². The Balaban J connectivity index is 2.18. The topological polar surface area (TPSA) is 64.2 Å². The van der Waals surface area contributed by atoms with Crippen molar-refractivity contribution >= 4 is 5.91 Å². The number of aromatic nitrogens is 2. The molecule has 5 nitrogen and oxygen atoms in total. The smallest absolute Gasteiger partial charge is 0.244 e. The van der Waals surface area contributed by atoms with Crippen molar-refractivity contribution in [2.24, 2.45) is 5.73 Å². The van der Waals surface area contributed by atoms with E-state index in [1.54, 1.807) is 31.5 Å². The molecule has 21 heavy (non-hydrogen) atoms. The molecule has 112 valence electrons. The summed E-state index contributed by atoms with van der Waals surface area (Å²) in [5, 5.41) is 0. The second kappa shape index (κ2) is 6.54. The Morgan fingerprint density at radius 1 is 1.33 bits per heavy atom. The minimum Gasteiger partial charge on any atom is -0.347 e. The number of carbonyl (C=O) groups is 1. The van der Waals surface area contributed by atoms with E-state index in [0.717, 1.165) is 12.1 Å². The van der Waals surface area contributed by atoms with Gasteiger partial charge in [-0.05, 0) is 18.9 Å². The van der Waals surface area contributed by atoms with Crippen molar-refractivity contribution in [2.75, 3.05) is 14.1 Å². The number of carbonyl (C=O) groups excluding carboxylic acids is 1. The molecule has 0 fully saturated rings. The summed E-state index contributed by atoms with van der Waals surface area (Å²) in [5.41, 5.74) is 8.35. The third-order valence-corrected chi connectivity index (χ3v) is 3.59. The van der Waals surface area contributed by atoms with Crippen LogP contribution in [0.4, 0.5) is 0 Å². The molecule has 0 bridgehead atoms. The number of benzene rings is 1. The van der Waals surface area contributed by atoms with Crippen molar-refractivity contribution in [3.05, 3.63) is 54.1 Å². The van der Waals surface area contributed by atoms with Gasteiger partial charge in [-0.3, -0.25) is 4.79 Å². The van der Waals surface area contributed by atoms with Crippen LogP contribution in [0.25, 0.3) is 0 Å². The second-order valence-electron chi connectivity index (χ2n) is 5.43. The van der Waals surface area contributed by atoms with Gasteiger partial charge < -0.3 is 15.2 Å². The highest BCUT2D eigenvalue weighted by Crippen LogP contribution is 2.20. The van der Waals surface area contributed by atoms with E-state index < -0.39 is 0 Å². The lowest BCUT2D eigenvalue weighted by molar-refractivity contribution is -0.131. The molecule has 2 rings (SSSR count). The lowest BCUT2D eigenvalue weighted by Crippen LogP contribution is -2.31. The number of imidazole rings is 1. The van der Waals surface area contributed by atoms with Crippen LogP contribution in [0.15, 0.2) is 42.9 Å². The van der Waals surface area contributed by atoms with Gasteiger partial charge in [-0.25, -0.2) is 4.98 Å². The van der Waals surface area contributed by atoms with Gasteiger partial charge in [0.15, 0.2) is 0 Å². The molecule has 2 N–H and O–H groups in total. The maximum Gasteiger partial charge on any atom is 0.244 e. The number of amides is 1. The molecular formula is C16H22N4O. The predicted octanol–water partition coefficient (Wildman–Crippen LogP) is 1.77. The van der Waals surface area contributed by atoms with Gasteiger partial charge in [0.25, 0.3) is 0 Å². The minimum atomic E-state index is -0.306. The number of hydrogen-bond donors (Lipinski definition) is 1. The van der Waals surface area contributed by atoms with Crippen LogP contribution in [0.1, 0.15) is 30.3 Å². The fraction of sp³-hybridized carbons (Fsp3) is 0.375. The highest BCUT2D eigenvalue weighted by Gasteiger charge is 2.21. The summed E-state index contributed by atoms with van der Waals surface area (Å²) in [6.07, 6.45) is 4.13. The molecule has 0 saturated heterocycles. The van der Waals surface area contributed by atoms with Gasteiger partial charge in [0, 0.05) is 20.3 Å². The largest absolute Gasteiger partial charge is 0.347 e. The fourth-order valence-electron chi connectivity index (χ4n) is 2.39. The molecule has 2 atom stereocenters. The van der Waals surface area contributed by atoms with Gasteiger partial charge in [-0.15, -0.1) is 0 Å². The lowest BCUT2D eigenvalue weighted by Gasteiger charge is -2.22. The van der Waals surface area contributed by atoms with Crippen LogP contribution in [0, 0.1) is 0 Å². The van der Waals surface area contributed by atoms with Gasteiger partial charge in [-0.2, -0.15) is 0 Å². The molecule has 0 aliphatic heterocycles. The monoisotopic (exact) mass is 286 g/mol. The first-order chi connectivity index (χ1) is 10.0. The van der Waals surface area contributed by atoms with Gasteiger partial charge in [0.05, 0.1) is 18.1 Å². The van der Waals surface area contributed by atoms with Gasteiger partial charge in [-0.1, -0.05) is 30.3 Å². The molecule has 1 aromatic carbocycles. The predicted molar refractivity (Wildman–Crippen MR) is 82.7 cm³/mol. The molecule has 0 saturated carbocycles. The van der Waals surface area contributed by atoms with E-state index in [2.05, 4.69) is 17.1 Å². The lowest BCUT2D eigenvalue weighted by atomic mass is 10.0. The van der Waals surface area contributed by atoms with Crippen LogP contribution >= 0.6 is 0 Å². The summed E-state index contributed by atoms with van der Waals surface area (Å²) in [4.78, 5) is 17.9. The van der Waals surface area contributed by atoms with E-state index in [4.69, 9.17) is 5.73 Å². The maximum atomic E-state index is 12.1. The average Bonchev–Trinajstić information content (AvgIpc) is 2.96. The summed E-state index contributed by atoms with van der Waals surface area (Å²) < 4.78 is 1.86. The Labute approximate surface area is 125 Å². The van der Waals surface area contributed by atoms with Crippen LogP contribution in [-0.2, 0) is 11.2 Å². The Kier molecular flexibility index (Phi) is 4.75. The van der Waals surface area contributed by atoms with Crippen molar-refractivity contribution in [2.45, 2.75) is 25.4 Å². The maximum absolute atomic E-state index is 12.1. The molecule has 1 amide bonds. The summed E-state index contributed by atoms with van der Waals surface area (Å²) >= 11 is 0. The Bertz CT molecular complexity index is 591. The molecule has 5 heteroatoms. The molecule has 1 heterocycles. The SMILES string of the molecule is CC(C(=O)N(C)C)n1cncc1[C@H](N)Cc1ccccc1. The third kappa shape index (κ3) is 3.49. The Morgan fingerprint density at radius 3 is 2.62 bits per heavy atom. The zero-order valence-corrected chi connectivity index (χ0v) is 12.7. The number of nitrogens with two attached hydrogens (primary N) is 1. The van der Waals surface area contributed by atoms with Gasteiger partial charge >= 0.3 is 0 Å². The molecule has 0 spiro atoms.